The lowest BCUT2D eigenvalue weighted by Gasteiger charge is -2.14. The Morgan fingerprint density at radius 3 is 2.79 bits per heavy atom. The van der Waals surface area contributed by atoms with Gasteiger partial charge in [-0.05, 0) is 49.4 Å². The molecule has 0 unspecified atom stereocenters. The fourth-order valence-electron chi connectivity index (χ4n) is 4.47. The van der Waals surface area contributed by atoms with Crippen molar-refractivity contribution in [2.75, 3.05) is 0 Å². The number of nitrogens with zero attached hydrogens (tertiary/aromatic N) is 1. The van der Waals surface area contributed by atoms with Gasteiger partial charge in [-0.25, -0.2) is 13.6 Å². The first-order valence-electron chi connectivity index (χ1n) is 9.52. The van der Waals surface area contributed by atoms with Gasteiger partial charge in [0.25, 0.3) is 0 Å². The van der Waals surface area contributed by atoms with Crippen LogP contribution in [0.15, 0.2) is 38.6 Å². The normalized spacial score (nSPS) is 18.0. The number of halogens is 2. The highest BCUT2D eigenvalue weighted by atomic mass is 19.1. The molecular formula is C22H18F2N2O3. The Kier molecular flexibility index (Phi) is 3.94. The van der Waals surface area contributed by atoms with E-state index in [1.165, 1.54) is 12.1 Å². The number of aromatic hydroxyl groups is 1. The fraction of sp³-hybridized carbons (Fsp3) is 0.273. The molecule has 0 amide bonds. The van der Waals surface area contributed by atoms with Crippen molar-refractivity contribution in [2.45, 2.75) is 38.6 Å². The summed E-state index contributed by atoms with van der Waals surface area (Å²) >= 11 is 0. The molecule has 0 saturated carbocycles. The molecule has 2 heterocycles. The van der Waals surface area contributed by atoms with Crippen LogP contribution in [-0.2, 0) is 12.8 Å². The zero-order chi connectivity index (χ0) is 20.3. The van der Waals surface area contributed by atoms with Crippen LogP contribution in [0.5, 0.6) is 5.75 Å². The van der Waals surface area contributed by atoms with Crippen LogP contribution >= 0.6 is 0 Å². The number of rotatable bonds is 2. The van der Waals surface area contributed by atoms with Gasteiger partial charge in [-0.3, -0.25) is 0 Å². The molecule has 7 heteroatoms. The summed E-state index contributed by atoms with van der Waals surface area (Å²) in [6, 6.07) is 4.73. The molecule has 5 rings (SSSR count). The molecule has 0 saturated heterocycles. The van der Waals surface area contributed by atoms with Gasteiger partial charge in [0.05, 0.1) is 17.1 Å². The molecule has 5 nitrogen and oxygen atoms in total. The minimum atomic E-state index is -0.641. The summed E-state index contributed by atoms with van der Waals surface area (Å²) in [5, 5.41) is 16.0. The van der Waals surface area contributed by atoms with Crippen molar-refractivity contribution in [2.24, 2.45) is 5.10 Å². The number of hydrazone groups is 1. The Hall–Kier alpha value is -3.22. The van der Waals surface area contributed by atoms with E-state index in [4.69, 9.17) is 4.42 Å². The van der Waals surface area contributed by atoms with Crippen molar-refractivity contribution in [3.8, 4) is 5.75 Å². The van der Waals surface area contributed by atoms with Crippen LogP contribution in [0.4, 0.5) is 8.78 Å². The smallest absolute Gasteiger partial charge is 0.339 e. The second-order valence-corrected chi connectivity index (χ2v) is 7.60. The quantitative estimate of drug-likeness (QED) is 0.642. The molecule has 29 heavy (non-hydrogen) atoms. The van der Waals surface area contributed by atoms with Crippen LogP contribution in [0.3, 0.4) is 0 Å². The first kappa shape index (κ1) is 17.8. The second-order valence-electron chi connectivity index (χ2n) is 7.60. The van der Waals surface area contributed by atoms with Gasteiger partial charge >= 0.3 is 5.63 Å². The van der Waals surface area contributed by atoms with Gasteiger partial charge in [-0.2, -0.15) is 5.10 Å². The largest absolute Gasteiger partial charge is 0.506 e. The van der Waals surface area contributed by atoms with Crippen LogP contribution in [0.1, 0.15) is 46.7 Å². The van der Waals surface area contributed by atoms with Crippen LogP contribution in [0.2, 0.25) is 0 Å². The van der Waals surface area contributed by atoms with E-state index in [2.05, 4.69) is 10.5 Å². The minimum absolute atomic E-state index is 0.0303. The maximum Gasteiger partial charge on any atom is 0.339 e. The van der Waals surface area contributed by atoms with E-state index in [-0.39, 0.29) is 11.4 Å². The number of fused-ring (bicyclic) bond motifs is 3. The number of hydrogen-bond donors (Lipinski definition) is 2. The summed E-state index contributed by atoms with van der Waals surface area (Å²) < 4.78 is 32.8. The number of aryl methyl sites for hydroxylation is 2. The van der Waals surface area contributed by atoms with E-state index in [1.54, 1.807) is 13.0 Å². The van der Waals surface area contributed by atoms with Crippen LogP contribution < -0.4 is 11.1 Å². The third-order valence-corrected chi connectivity index (χ3v) is 5.81. The van der Waals surface area contributed by atoms with E-state index in [0.717, 1.165) is 18.1 Å². The number of benzene rings is 2. The van der Waals surface area contributed by atoms with Gasteiger partial charge in [0.1, 0.15) is 23.0 Å². The predicted molar refractivity (Wildman–Crippen MR) is 104 cm³/mol. The van der Waals surface area contributed by atoms with Crippen LogP contribution in [0, 0.1) is 18.6 Å². The maximum absolute atomic E-state index is 14.2. The fourth-order valence-corrected chi connectivity index (χ4v) is 4.47. The molecule has 0 bridgehead atoms. The van der Waals surface area contributed by atoms with E-state index < -0.39 is 17.7 Å². The van der Waals surface area contributed by atoms with Crippen molar-refractivity contribution < 1.29 is 18.3 Å². The minimum Gasteiger partial charge on any atom is -0.506 e. The van der Waals surface area contributed by atoms with Gasteiger partial charge in [-0.1, -0.05) is 6.07 Å². The van der Waals surface area contributed by atoms with E-state index in [9.17, 15) is 18.7 Å². The molecule has 0 spiro atoms. The van der Waals surface area contributed by atoms with Gasteiger partial charge < -0.3 is 14.9 Å². The SMILES string of the molecule is Cc1cc2oc(=O)c3c(c2c(O)c1C1=NN[C@@H](c2ccc(F)cc2F)C1)CCC3. The highest BCUT2D eigenvalue weighted by Gasteiger charge is 2.29. The average molecular weight is 396 g/mol. The number of nitrogens with one attached hydrogen (secondary N) is 1. The highest BCUT2D eigenvalue weighted by Crippen LogP contribution is 2.39. The van der Waals surface area contributed by atoms with Crippen molar-refractivity contribution >= 4 is 16.7 Å². The Morgan fingerprint density at radius 1 is 1.21 bits per heavy atom. The predicted octanol–water partition coefficient (Wildman–Crippen LogP) is 4.01. The highest BCUT2D eigenvalue weighted by molar-refractivity contribution is 6.09. The van der Waals surface area contributed by atoms with Crippen LogP contribution in [0.25, 0.3) is 11.0 Å². The van der Waals surface area contributed by atoms with E-state index >= 15 is 0 Å². The molecular weight excluding hydrogens is 378 g/mol. The molecule has 0 fully saturated rings. The lowest BCUT2D eigenvalue weighted by molar-refractivity contribution is 0.476. The Balaban J connectivity index is 1.59. The molecule has 1 aliphatic heterocycles. The average Bonchev–Trinajstić information content (AvgIpc) is 3.31. The zero-order valence-corrected chi connectivity index (χ0v) is 15.7. The summed E-state index contributed by atoms with van der Waals surface area (Å²) in [6.07, 6.45) is 2.53. The standard InChI is InChI=1S/C22H18F2N2O3/c1-10-7-18-20(12-3-2-4-13(12)22(28)29-18)21(27)19(10)17-9-16(25-26-17)14-6-5-11(23)8-15(14)24/h5-8,16,25,27H,2-4,9H2,1H3/t16-/m1/s1. The molecule has 3 aromatic rings. The van der Waals surface area contributed by atoms with Gasteiger partial charge in [-0.15, -0.1) is 0 Å². The number of phenolic OH excluding ortho intramolecular Hbond substituents is 1. The zero-order valence-electron chi connectivity index (χ0n) is 15.7. The van der Waals surface area contributed by atoms with Crippen LogP contribution in [-0.4, -0.2) is 10.8 Å². The summed E-state index contributed by atoms with van der Waals surface area (Å²) in [7, 11) is 0. The summed E-state index contributed by atoms with van der Waals surface area (Å²) in [4.78, 5) is 12.2. The lowest BCUT2D eigenvalue weighted by atomic mass is 9.92. The van der Waals surface area contributed by atoms with Crippen molar-refractivity contribution in [1.29, 1.82) is 0 Å². The maximum atomic E-state index is 14.2. The van der Waals surface area contributed by atoms with E-state index in [1.807, 2.05) is 0 Å². The molecule has 2 aromatic carbocycles. The summed E-state index contributed by atoms with van der Waals surface area (Å²) in [5.41, 5.74) is 6.52. The van der Waals surface area contributed by atoms with Gasteiger partial charge in [0.2, 0.25) is 0 Å². The number of phenols is 1. The first-order chi connectivity index (χ1) is 13.9. The first-order valence-corrected chi connectivity index (χ1v) is 9.52. The summed E-state index contributed by atoms with van der Waals surface area (Å²) in [6.45, 7) is 1.80. The van der Waals surface area contributed by atoms with E-state index in [0.29, 0.717) is 58.2 Å². The molecule has 2 aliphatic rings. The molecule has 0 radical (unpaired) electrons. The number of hydrogen-bond acceptors (Lipinski definition) is 5. The second kappa shape index (κ2) is 6.40. The van der Waals surface area contributed by atoms with Gasteiger partial charge in [0, 0.05) is 29.2 Å². The molecule has 1 aromatic heterocycles. The Labute approximate surface area is 164 Å². The van der Waals surface area contributed by atoms with Crippen molar-refractivity contribution in [3.05, 3.63) is 74.1 Å². The third-order valence-electron chi connectivity index (χ3n) is 5.81. The third kappa shape index (κ3) is 2.72. The Bertz CT molecular complexity index is 1260. The molecule has 148 valence electrons. The molecule has 1 aliphatic carbocycles. The molecule has 2 N–H and O–H groups in total. The van der Waals surface area contributed by atoms with Crippen molar-refractivity contribution in [1.82, 2.24) is 5.43 Å². The lowest BCUT2D eigenvalue weighted by Crippen LogP contribution is -2.12. The Morgan fingerprint density at radius 2 is 2.00 bits per heavy atom. The molecule has 1 atom stereocenters. The van der Waals surface area contributed by atoms with Crippen molar-refractivity contribution in [3.63, 3.8) is 0 Å². The monoisotopic (exact) mass is 396 g/mol. The summed E-state index contributed by atoms with van der Waals surface area (Å²) in [5.74, 6) is -1.25. The topological polar surface area (TPSA) is 74.8 Å². The van der Waals surface area contributed by atoms with Gasteiger partial charge in [0.15, 0.2) is 0 Å².